The van der Waals surface area contributed by atoms with Crippen molar-refractivity contribution >= 4 is 23.0 Å². The van der Waals surface area contributed by atoms with Crippen molar-refractivity contribution in [3.05, 3.63) is 40.4 Å². The zero-order valence-electron chi connectivity index (χ0n) is 20.6. The number of carbonyl (C=O) groups is 1. The highest BCUT2D eigenvalue weighted by atomic mass is 32.1. The van der Waals surface area contributed by atoms with Crippen LogP contribution in [0, 0.1) is 17.3 Å². The van der Waals surface area contributed by atoms with Gasteiger partial charge >= 0.3 is 11.8 Å². The van der Waals surface area contributed by atoms with Crippen LogP contribution in [0.15, 0.2) is 35.6 Å². The summed E-state index contributed by atoms with van der Waals surface area (Å²) in [5.41, 5.74) is 3.04. The summed E-state index contributed by atoms with van der Waals surface area (Å²) in [5, 5.41) is 8.24. The van der Waals surface area contributed by atoms with E-state index in [0.29, 0.717) is 0 Å². The predicted molar refractivity (Wildman–Crippen MR) is 131 cm³/mol. The number of rotatable bonds is 11. The van der Waals surface area contributed by atoms with E-state index in [-0.39, 0.29) is 18.4 Å². The molecule has 1 amide bonds. The van der Waals surface area contributed by atoms with Crippen LogP contribution in [0.2, 0.25) is 0 Å². The molecule has 2 saturated carbocycles. The summed E-state index contributed by atoms with van der Waals surface area (Å²) in [4.78, 5) is 17.9. The minimum atomic E-state index is -4.14. The first-order valence-corrected chi connectivity index (χ1v) is 12.8. The minimum absolute atomic E-state index is 0.109. The Bertz CT molecular complexity index is 986. The molecule has 3 atom stereocenters. The van der Waals surface area contributed by atoms with Crippen LogP contribution in [0.4, 0.5) is 17.6 Å². The largest absolute Gasteiger partial charge is 0.355 e. The number of halogens is 4. The zero-order chi connectivity index (χ0) is 25.9. The van der Waals surface area contributed by atoms with Crippen LogP contribution in [0.1, 0.15) is 68.7 Å². The summed E-state index contributed by atoms with van der Waals surface area (Å²) in [6.45, 7) is 6.19. The van der Waals surface area contributed by atoms with Gasteiger partial charge in [0.25, 0.3) is 0 Å². The van der Waals surface area contributed by atoms with Crippen LogP contribution in [-0.2, 0) is 4.79 Å². The summed E-state index contributed by atoms with van der Waals surface area (Å²) >= 11 is 1.53. The molecule has 2 N–H and O–H groups in total. The van der Waals surface area contributed by atoms with E-state index in [2.05, 4.69) is 33.8 Å². The number of allylic oxidation sites excluding steroid dienone is 4. The Labute approximate surface area is 208 Å². The lowest BCUT2D eigenvalue weighted by molar-refractivity contribution is -0.313. The van der Waals surface area contributed by atoms with E-state index in [1.165, 1.54) is 11.3 Å². The molecule has 2 aliphatic carbocycles. The molecule has 0 aromatic carbocycles. The van der Waals surface area contributed by atoms with Gasteiger partial charge in [-0.05, 0) is 25.7 Å². The Balaban J connectivity index is 1.76. The van der Waals surface area contributed by atoms with Crippen molar-refractivity contribution in [3.8, 4) is 0 Å². The van der Waals surface area contributed by atoms with Crippen LogP contribution < -0.4 is 10.7 Å². The molecule has 1 unspecified atom stereocenters. The molecule has 194 valence electrons. The Morgan fingerprint density at radius 2 is 2.06 bits per heavy atom. The number of nitrogens with one attached hydrogen (secondary N) is 2. The van der Waals surface area contributed by atoms with Crippen LogP contribution in [0.25, 0.3) is 0 Å². The molecule has 0 saturated heterocycles. The highest BCUT2D eigenvalue weighted by Crippen LogP contribution is 2.56. The van der Waals surface area contributed by atoms with Crippen LogP contribution in [0.5, 0.6) is 0 Å². The molecule has 35 heavy (non-hydrogen) atoms. The molecule has 0 radical (unpaired) electrons. The van der Waals surface area contributed by atoms with Gasteiger partial charge in [-0.2, -0.15) is 22.7 Å². The first-order valence-electron chi connectivity index (χ1n) is 12.0. The van der Waals surface area contributed by atoms with Gasteiger partial charge in [0, 0.05) is 49.9 Å². The normalized spacial score (nSPS) is 24.6. The molecule has 10 heteroatoms. The van der Waals surface area contributed by atoms with E-state index < -0.39 is 41.9 Å². The lowest BCUT2D eigenvalue weighted by atomic mass is 9.63. The second-order valence-corrected chi connectivity index (χ2v) is 10.8. The van der Waals surface area contributed by atoms with E-state index in [4.69, 9.17) is 0 Å². The number of carbonyl (C=O) groups excluding carboxylic acids is 1. The number of aromatic nitrogens is 1. The molecule has 0 bridgehead atoms. The van der Waals surface area contributed by atoms with Crippen LogP contribution >= 0.6 is 11.3 Å². The zero-order valence-corrected chi connectivity index (χ0v) is 21.4. The third-order valence-corrected chi connectivity index (χ3v) is 8.41. The average Bonchev–Trinajstić information content (AvgIpc) is 3.24. The van der Waals surface area contributed by atoms with Crippen molar-refractivity contribution in [2.24, 2.45) is 22.4 Å². The van der Waals surface area contributed by atoms with Gasteiger partial charge in [-0.1, -0.05) is 44.6 Å². The van der Waals surface area contributed by atoms with E-state index >= 15 is 0 Å². The molecule has 1 aromatic rings. The molecule has 1 heterocycles. The average molecular weight is 515 g/mol. The van der Waals surface area contributed by atoms with Crippen molar-refractivity contribution in [3.63, 3.8) is 0 Å². The Morgan fingerprint density at radius 3 is 2.60 bits per heavy atom. The molecular formula is C25H34F4N4OS. The molecule has 2 aliphatic rings. The maximum Gasteiger partial charge on any atom is 0.313 e. The lowest BCUT2D eigenvalue weighted by Crippen LogP contribution is -2.59. The first-order chi connectivity index (χ1) is 16.5. The molecular weight excluding hydrogens is 480 g/mol. The van der Waals surface area contributed by atoms with Crippen molar-refractivity contribution in [1.82, 2.24) is 15.7 Å². The quantitative estimate of drug-likeness (QED) is 0.167. The maximum absolute atomic E-state index is 13.7. The van der Waals surface area contributed by atoms with Gasteiger partial charge in [-0.15, -0.1) is 11.3 Å². The highest BCUT2D eigenvalue weighted by molar-refractivity contribution is 7.13. The Morgan fingerprint density at radius 1 is 1.34 bits per heavy atom. The van der Waals surface area contributed by atoms with Crippen molar-refractivity contribution in [2.45, 2.75) is 70.6 Å². The summed E-state index contributed by atoms with van der Waals surface area (Å²) in [5.74, 6) is -10.1. The van der Waals surface area contributed by atoms with Crippen LogP contribution in [-0.4, -0.2) is 42.0 Å². The van der Waals surface area contributed by atoms with Crippen LogP contribution in [0.3, 0.4) is 0 Å². The summed E-state index contributed by atoms with van der Waals surface area (Å²) in [7, 11) is 1.70. The Hall–Kier alpha value is -2.23. The predicted octanol–water partition coefficient (Wildman–Crippen LogP) is 5.91. The van der Waals surface area contributed by atoms with Crippen molar-refractivity contribution < 1.29 is 22.4 Å². The van der Waals surface area contributed by atoms with E-state index in [9.17, 15) is 22.4 Å². The standard InChI is InChI=1S/C25H34F4N4OS/c1-5-6-7-9-16(2)22-31-14-19(35-22)21(33-30-4)23(3,17-10-8-11-17)15-32-20(34)12-18-13-24(26,27)25(18,28)29/h5-7,9,14,16-18,30H,8,10-13,15H2,1-4H3,(H,32,34)/b6-5-,9-7-,33-21-/t16?,18-,23+/m1/s1. The molecule has 0 aliphatic heterocycles. The minimum Gasteiger partial charge on any atom is -0.355 e. The van der Waals surface area contributed by atoms with Crippen molar-refractivity contribution in [1.29, 1.82) is 0 Å². The molecule has 1 aromatic heterocycles. The second kappa shape index (κ2) is 10.8. The number of hydrogen-bond acceptors (Lipinski definition) is 5. The summed E-state index contributed by atoms with van der Waals surface area (Å²) < 4.78 is 53.6. The fourth-order valence-electron chi connectivity index (χ4n) is 4.59. The fourth-order valence-corrected chi connectivity index (χ4v) is 5.67. The molecule has 0 spiro atoms. The van der Waals surface area contributed by atoms with Gasteiger partial charge in [0.2, 0.25) is 5.91 Å². The van der Waals surface area contributed by atoms with Gasteiger partial charge in [0.15, 0.2) is 0 Å². The van der Waals surface area contributed by atoms with Gasteiger partial charge in [0.1, 0.15) is 0 Å². The smallest absolute Gasteiger partial charge is 0.313 e. The number of alkyl halides is 4. The second-order valence-electron chi connectivity index (χ2n) is 9.70. The highest BCUT2D eigenvalue weighted by Gasteiger charge is 2.71. The lowest BCUT2D eigenvalue weighted by Gasteiger charge is -2.44. The third kappa shape index (κ3) is 5.62. The fraction of sp³-hybridized carbons (Fsp3) is 0.640. The van der Waals surface area contributed by atoms with Crippen molar-refractivity contribution in [2.75, 3.05) is 13.6 Å². The summed E-state index contributed by atoms with van der Waals surface area (Å²) in [6.07, 6.45) is 11.1. The summed E-state index contributed by atoms with van der Waals surface area (Å²) in [6, 6.07) is 0. The van der Waals surface area contributed by atoms with Gasteiger partial charge in [-0.3, -0.25) is 4.79 Å². The Kier molecular flexibility index (Phi) is 8.44. The first kappa shape index (κ1) is 27.4. The third-order valence-electron chi connectivity index (χ3n) is 7.21. The van der Waals surface area contributed by atoms with E-state index in [1.54, 1.807) is 13.2 Å². The van der Waals surface area contributed by atoms with Gasteiger partial charge < -0.3 is 10.7 Å². The number of amides is 1. The number of hydrazone groups is 1. The van der Waals surface area contributed by atoms with E-state index in [1.807, 2.05) is 32.1 Å². The number of nitrogens with zero attached hydrogens (tertiary/aromatic N) is 2. The SMILES string of the molecule is C/C=C\C=C/C(C)c1ncc(/C(=N/NC)[C@@](C)(CNC(=O)C[C@@H]2CC(F)(F)C2(F)F)C2CCC2)s1. The maximum atomic E-state index is 13.7. The number of thiazole rings is 1. The molecule has 5 nitrogen and oxygen atoms in total. The number of hydrogen-bond donors (Lipinski definition) is 2. The molecule has 3 rings (SSSR count). The van der Waals surface area contributed by atoms with Gasteiger partial charge in [-0.25, -0.2) is 4.98 Å². The topological polar surface area (TPSA) is 66.4 Å². The monoisotopic (exact) mass is 514 g/mol. The van der Waals surface area contributed by atoms with E-state index in [0.717, 1.165) is 34.9 Å². The van der Waals surface area contributed by atoms with Gasteiger partial charge in [0.05, 0.1) is 15.6 Å². The molecule has 2 fully saturated rings.